The zero-order chi connectivity index (χ0) is 28.5. The van der Waals surface area contributed by atoms with Crippen LogP contribution in [0.1, 0.15) is 25.1 Å². The van der Waals surface area contributed by atoms with E-state index in [0.717, 1.165) is 89.1 Å². The molecule has 0 spiro atoms. The van der Waals surface area contributed by atoms with Crippen LogP contribution < -0.4 is 10.6 Å². The van der Waals surface area contributed by atoms with Crippen molar-refractivity contribution >= 4 is 11.8 Å². The lowest BCUT2D eigenvalue weighted by Gasteiger charge is -2.27. The minimum absolute atomic E-state index is 0.229. The number of aromatic nitrogens is 1. The van der Waals surface area contributed by atoms with Crippen LogP contribution in [0.5, 0.6) is 0 Å². The first-order valence-corrected chi connectivity index (χ1v) is 14.5. The molecule has 3 heterocycles. The molecule has 5 rings (SSSR count). The Morgan fingerprint density at radius 3 is 2.27 bits per heavy atom. The van der Waals surface area contributed by atoms with Crippen LogP contribution in [-0.2, 0) is 14.9 Å². The maximum absolute atomic E-state index is 14.3. The Kier molecular flexibility index (Phi) is 10.00. The van der Waals surface area contributed by atoms with Gasteiger partial charge in [0.1, 0.15) is 5.82 Å². The van der Waals surface area contributed by atoms with Gasteiger partial charge in [0.15, 0.2) is 5.96 Å². The number of benzene rings is 2. The van der Waals surface area contributed by atoms with E-state index in [2.05, 4.69) is 39.4 Å². The number of morpholine rings is 2. The molecule has 1 aromatic heterocycles. The van der Waals surface area contributed by atoms with E-state index in [9.17, 15) is 4.39 Å². The second-order valence-corrected chi connectivity index (χ2v) is 10.9. The Morgan fingerprint density at radius 2 is 1.59 bits per heavy atom. The van der Waals surface area contributed by atoms with E-state index < -0.39 is 5.41 Å². The zero-order valence-electron chi connectivity index (χ0n) is 24.1. The normalized spacial score (nSPS) is 17.5. The number of guanidine groups is 1. The number of ether oxygens (including phenoxy) is 2. The van der Waals surface area contributed by atoms with Crippen LogP contribution in [-0.4, -0.2) is 99.7 Å². The third-order valence-corrected chi connectivity index (χ3v) is 7.80. The minimum Gasteiger partial charge on any atom is -0.379 e. The fourth-order valence-corrected chi connectivity index (χ4v) is 5.08. The molecule has 2 fully saturated rings. The maximum Gasteiger partial charge on any atom is 0.231 e. The molecular formula is C31H41FN6O3. The highest BCUT2D eigenvalue weighted by Crippen LogP contribution is 2.33. The monoisotopic (exact) mass is 564 g/mol. The topological polar surface area (TPSA) is 87.4 Å². The van der Waals surface area contributed by atoms with Gasteiger partial charge >= 0.3 is 0 Å². The molecule has 0 atom stereocenters. The summed E-state index contributed by atoms with van der Waals surface area (Å²) in [4.78, 5) is 9.57. The second kappa shape index (κ2) is 14.0. The van der Waals surface area contributed by atoms with Gasteiger partial charge in [0.25, 0.3) is 0 Å². The first kappa shape index (κ1) is 29.2. The largest absolute Gasteiger partial charge is 0.379 e. The second-order valence-electron chi connectivity index (χ2n) is 10.9. The van der Waals surface area contributed by atoms with Gasteiger partial charge in [-0.15, -0.1) is 0 Å². The predicted octanol–water partition coefficient (Wildman–Crippen LogP) is 3.83. The molecule has 2 aliphatic heterocycles. The molecule has 220 valence electrons. The lowest BCUT2D eigenvalue weighted by atomic mass is 9.81. The average molecular weight is 565 g/mol. The van der Waals surface area contributed by atoms with E-state index in [1.54, 1.807) is 12.1 Å². The summed E-state index contributed by atoms with van der Waals surface area (Å²) in [6.07, 6.45) is 0. The Labute approximate surface area is 241 Å². The van der Waals surface area contributed by atoms with Gasteiger partial charge in [0.2, 0.25) is 5.88 Å². The molecule has 2 aliphatic rings. The highest BCUT2D eigenvalue weighted by molar-refractivity contribution is 5.92. The van der Waals surface area contributed by atoms with Gasteiger partial charge in [-0.3, -0.25) is 20.1 Å². The Balaban J connectivity index is 1.24. The van der Waals surface area contributed by atoms with Gasteiger partial charge in [-0.05, 0) is 17.2 Å². The van der Waals surface area contributed by atoms with Crippen molar-refractivity contribution in [2.24, 2.45) is 4.99 Å². The molecule has 9 nitrogen and oxygen atoms in total. The molecular weight excluding hydrogens is 523 g/mol. The summed E-state index contributed by atoms with van der Waals surface area (Å²) < 4.78 is 30.9. The number of aliphatic imine (C=N–C) groups is 1. The van der Waals surface area contributed by atoms with Crippen molar-refractivity contribution in [2.75, 3.05) is 84.1 Å². The van der Waals surface area contributed by atoms with Crippen molar-refractivity contribution in [3.63, 3.8) is 0 Å². The van der Waals surface area contributed by atoms with Crippen LogP contribution in [0, 0.1) is 5.82 Å². The van der Waals surface area contributed by atoms with Gasteiger partial charge in [0, 0.05) is 62.9 Å². The van der Waals surface area contributed by atoms with Crippen LogP contribution in [0.15, 0.2) is 64.1 Å². The van der Waals surface area contributed by atoms with E-state index in [1.807, 2.05) is 36.4 Å². The SMILES string of the molecule is CC(C)(c1ccc(-c2ccccc2F)cc1)c1cc(N/C(=N\CCN2CCOCC2)NCCN2CCOCC2)on1. The Morgan fingerprint density at radius 1 is 0.927 bits per heavy atom. The first-order chi connectivity index (χ1) is 20.0. The van der Waals surface area contributed by atoms with Crippen LogP contribution in [0.25, 0.3) is 11.1 Å². The molecule has 0 radical (unpaired) electrons. The highest BCUT2D eigenvalue weighted by atomic mass is 19.1. The van der Waals surface area contributed by atoms with Gasteiger partial charge < -0.3 is 19.3 Å². The Bertz CT molecular complexity index is 1270. The van der Waals surface area contributed by atoms with Crippen molar-refractivity contribution in [1.82, 2.24) is 20.3 Å². The van der Waals surface area contributed by atoms with Crippen molar-refractivity contribution in [3.05, 3.63) is 71.7 Å². The van der Waals surface area contributed by atoms with Gasteiger partial charge in [-0.1, -0.05) is 61.5 Å². The van der Waals surface area contributed by atoms with Crippen molar-refractivity contribution in [3.8, 4) is 11.1 Å². The van der Waals surface area contributed by atoms with Gasteiger partial charge in [-0.25, -0.2) is 4.39 Å². The number of hydrogen-bond acceptors (Lipinski definition) is 7. The average Bonchev–Trinajstić information content (AvgIpc) is 3.48. The number of halogens is 1. The van der Waals surface area contributed by atoms with Gasteiger partial charge in [0.05, 0.1) is 38.7 Å². The fourth-order valence-electron chi connectivity index (χ4n) is 5.08. The fraction of sp³-hybridized carbons (Fsp3) is 0.484. The summed E-state index contributed by atoms with van der Waals surface area (Å²) in [5, 5.41) is 11.2. The number of nitrogens with zero attached hydrogens (tertiary/aromatic N) is 4. The van der Waals surface area contributed by atoms with E-state index in [4.69, 9.17) is 19.0 Å². The molecule has 3 aromatic rings. The molecule has 0 aliphatic carbocycles. The smallest absolute Gasteiger partial charge is 0.231 e. The third kappa shape index (κ3) is 7.91. The van der Waals surface area contributed by atoms with Crippen molar-refractivity contribution in [2.45, 2.75) is 19.3 Å². The van der Waals surface area contributed by atoms with Crippen LogP contribution in [0.4, 0.5) is 10.3 Å². The predicted molar refractivity (Wildman–Crippen MR) is 159 cm³/mol. The van der Waals surface area contributed by atoms with Crippen LogP contribution in [0.3, 0.4) is 0 Å². The van der Waals surface area contributed by atoms with Gasteiger partial charge in [-0.2, -0.15) is 0 Å². The number of nitrogens with one attached hydrogen (secondary N) is 2. The van der Waals surface area contributed by atoms with E-state index in [1.165, 1.54) is 6.07 Å². The quantitative estimate of drug-likeness (QED) is 0.284. The highest BCUT2D eigenvalue weighted by Gasteiger charge is 2.28. The van der Waals surface area contributed by atoms with E-state index in [0.29, 0.717) is 24.0 Å². The molecule has 2 N–H and O–H groups in total. The maximum atomic E-state index is 14.3. The molecule has 2 saturated heterocycles. The molecule has 0 saturated carbocycles. The lowest BCUT2D eigenvalue weighted by molar-refractivity contribution is 0.0389. The zero-order valence-corrected chi connectivity index (χ0v) is 24.1. The summed E-state index contributed by atoms with van der Waals surface area (Å²) in [5.74, 6) is 0.967. The van der Waals surface area contributed by atoms with Crippen molar-refractivity contribution in [1.29, 1.82) is 0 Å². The third-order valence-electron chi connectivity index (χ3n) is 7.80. The number of anilines is 1. The standard InChI is InChI=1S/C31H41FN6O3/c1-31(2,25-9-7-24(8-10-25)26-5-3-4-6-27(26)32)28-23-29(41-36-28)35-30(33-11-13-37-15-19-39-20-16-37)34-12-14-38-17-21-40-22-18-38/h3-10,23H,11-22H2,1-2H3,(H2,33,34,35). The summed E-state index contributed by atoms with van der Waals surface area (Å²) in [6.45, 7) is 14.3. The molecule has 0 unspecified atom stereocenters. The Hall–Kier alpha value is -3.31. The summed E-state index contributed by atoms with van der Waals surface area (Å²) in [6, 6.07) is 16.7. The van der Waals surface area contributed by atoms with E-state index >= 15 is 0 Å². The number of rotatable bonds is 10. The number of hydrogen-bond donors (Lipinski definition) is 2. The van der Waals surface area contributed by atoms with Crippen LogP contribution in [0.2, 0.25) is 0 Å². The van der Waals surface area contributed by atoms with Crippen LogP contribution >= 0.6 is 0 Å². The first-order valence-electron chi connectivity index (χ1n) is 14.5. The molecule has 2 aromatic carbocycles. The molecule has 0 bridgehead atoms. The molecule has 0 amide bonds. The summed E-state index contributed by atoms with van der Waals surface area (Å²) in [5.41, 5.74) is 2.85. The van der Waals surface area contributed by atoms with E-state index in [-0.39, 0.29) is 5.82 Å². The minimum atomic E-state index is -0.422. The summed E-state index contributed by atoms with van der Waals surface area (Å²) >= 11 is 0. The molecule has 41 heavy (non-hydrogen) atoms. The lowest BCUT2D eigenvalue weighted by Crippen LogP contribution is -2.43. The van der Waals surface area contributed by atoms with Crippen molar-refractivity contribution < 1.29 is 18.4 Å². The summed E-state index contributed by atoms with van der Waals surface area (Å²) in [7, 11) is 0. The molecule has 10 heteroatoms.